The molecule has 0 saturated heterocycles. The van der Waals surface area contributed by atoms with Crippen molar-refractivity contribution < 1.29 is 29.0 Å². The number of carbonyl (C=O) groups is 2. The highest BCUT2D eigenvalue weighted by molar-refractivity contribution is 5.89. The van der Waals surface area contributed by atoms with Gasteiger partial charge >= 0.3 is 11.9 Å². The maximum atomic E-state index is 11.4. The Kier molecular flexibility index (Phi) is 16.6. The number of rotatable bonds is 22. The summed E-state index contributed by atoms with van der Waals surface area (Å²) >= 11 is 0. The van der Waals surface area contributed by atoms with Gasteiger partial charge in [0.1, 0.15) is 19.7 Å². The molecule has 1 atom stereocenters. The zero-order valence-electron chi connectivity index (χ0n) is 20.8. The van der Waals surface area contributed by atoms with Gasteiger partial charge in [0.2, 0.25) is 5.84 Å². The van der Waals surface area contributed by atoms with Crippen LogP contribution in [0.15, 0.2) is 17.1 Å². The summed E-state index contributed by atoms with van der Waals surface area (Å²) in [6.45, 7) is 3.66. The van der Waals surface area contributed by atoms with Gasteiger partial charge < -0.3 is 14.9 Å². The van der Waals surface area contributed by atoms with Crippen molar-refractivity contribution in [3.05, 3.63) is 12.2 Å². The van der Waals surface area contributed by atoms with Crippen molar-refractivity contribution in [2.75, 3.05) is 39.4 Å². The number of hydrogen-bond acceptors (Lipinski definition) is 4. The summed E-state index contributed by atoms with van der Waals surface area (Å²) in [5, 5.41) is 18.1. The summed E-state index contributed by atoms with van der Waals surface area (Å²) in [6, 6.07) is 0. The second-order valence-corrected chi connectivity index (χ2v) is 9.26. The van der Waals surface area contributed by atoms with Crippen molar-refractivity contribution in [1.29, 1.82) is 0 Å². The van der Waals surface area contributed by atoms with E-state index in [4.69, 9.17) is 9.84 Å². The Morgan fingerprint density at radius 2 is 1.48 bits per heavy atom. The molecular formula is C26H47N2O5+. The highest BCUT2D eigenvalue weighted by Crippen LogP contribution is 2.18. The van der Waals surface area contributed by atoms with E-state index in [1.807, 2.05) is 6.08 Å². The quantitative estimate of drug-likeness (QED) is 0.163. The molecule has 0 radical (unpaired) electrons. The summed E-state index contributed by atoms with van der Waals surface area (Å²) in [6.07, 6.45) is 22.4. The van der Waals surface area contributed by atoms with Crippen LogP contribution in [0.25, 0.3) is 0 Å². The number of quaternary nitrogens is 1. The standard InChI is InChI=1S/C26H46N2O5/c1-2-3-4-5-6-7-8-9-10-11-12-13-14-15-16-17-24-27-18-19-28(24,22-25(29)30)20-21-33-23-26(31)32/h16-17H,2-15,18-23H2,1H3,(H-,29,30,31,32)/p+1/b17-16+. The van der Waals surface area contributed by atoms with Gasteiger partial charge in [0, 0.05) is 6.08 Å². The Morgan fingerprint density at radius 1 is 0.909 bits per heavy atom. The van der Waals surface area contributed by atoms with E-state index in [-0.39, 0.29) is 24.2 Å². The fraction of sp³-hybridized carbons (Fsp3) is 0.808. The number of carboxylic acids is 2. The maximum Gasteiger partial charge on any atom is 0.359 e. The highest BCUT2D eigenvalue weighted by atomic mass is 16.5. The fourth-order valence-corrected chi connectivity index (χ4v) is 4.42. The van der Waals surface area contributed by atoms with E-state index in [2.05, 4.69) is 18.0 Å². The van der Waals surface area contributed by atoms with E-state index < -0.39 is 11.9 Å². The smallest absolute Gasteiger partial charge is 0.359 e. The normalized spacial score (nSPS) is 18.2. The number of aliphatic carboxylic acids is 2. The van der Waals surface area contributed by atoms with Crippen LogP contribution in [-0.4, -0.2) is 71.9 Å². The van der Waals surface area contributed by atoms with Gasteiger partial charge in [-0.3, -0.25) is 4.48 Å². The van der Waals surface area contributed by atoms with Gasteiger partial charge in [0.15, 0.2) is 6.54 Å². The van der Waals surface area contributed by atoms with Crippen LogP contribution in [0.5, 0.6) is 0 Å². The Bertz CT molecular complexity index is 605. The number of allylic oxidation sites excluding steroid dienone is 1. The monoisotopic (exact) mass is 467 g/mol. The van der Waals surface area contributed by atoms with E-state index >= 15 is 0 Å². The Labute approximate surface area is 200 Å². The lowest BCUT2D eigenvalue weighted by Crippen LogP contribution is -2.55. The Balaban J connectivity index is 2.18. The number of hydrogen-bond donors (Lipinski definition) is 2. The number of amidine groups is 1. The number of unbranched alkanes of at least 4 members (excludes halogenated alkanes) is 13. The van der Waals surface area contributed by atoms with Gasteiger partial charge in [0.05, 0.1) is 13.2 Å². The lowest BCUT2D eigenvalue weighted by atomic mass is 10.0. The molecule has 0 bridgehead atoms. The van der Waals surface area contributed by atoms with E-state index in [1.165, 1.54) is 77.0 Å². The molecule has 0 aromatic heterocycles. The van der Waals surface area contributed by atoms with Crippen molar-refractivity contribution in [1.82, 2.24) is 0 Å². The first-order valence-corrected chi connectivity index (χ1v) is 13.1. The molecule has 0 aromatic carbocycles. The first-order valence-electron chi connectivity index (χ1n) is 13.1. The predicted molar refractivity (Wildman–Crippen MR) is 133 cm³/mol. The number of carboxylic acid groups (broad SMARTS) is 2. The van der Waals surface area contributed by atoms with Crippen molar-refractivity contribution in [3.63, 3.8) is 0 Å². The van der Waals surface area contributed by atoms with Crippen molar-refractivity contribution in [2.24, 2.45) is 4.99 Å². The van der Waals surface area contributed by atoms with Gasteiger partial charge in [-0.1, -0.05) is 90.0 Å². The zero-order chi connectivity index (χ0) is 24.2. The van der Waals surface area contributed by atoms with Gasteiger partial charge in [-0.25, -0.2) is 14.6 Å². The second-order valence-electron chi connectivity index (χ2n) is 9.26. The molecule has 1 aliphatic heterocycles. The second kappa shape index (κ2) is 18.7. The van der Waals surface area contributed by atoms with Crippen LogP contribution in [0.4, 0.5) is 0 Å². The van der Waals surface area contributed by atoms with Gasteiger partial charge in [-0.2, -0.15) is 0 Å². The fourth-order valence-electron chi connectivity index (χ4n) is 4.42. The number of nitrogens with zero attached hydrogens (tertiary/aromatic N) is 2. The molecule has 2 N–H and O–H groups in total. The molecule has 1 rings (SSSR count). The molecular weight excluding hydrogens is 420 g/mol. The van der Waals surface area contributed by atoms with Crippen molar-refractivity contribution >= 4 is 17.8 Å². The molecule has 0 fully saturated rings. The Hall–Kier alpha value is -1.73. The molecule has 1 aliphatic rings. The number of ether oxygens (including phenoxy) is 1. The molecule has 1 unspecified atom stereocenters. The van der Waals surface area contributed by atoms with Crippen LogP contribution in [-0.2, 0) is 14.3 Å². The minimum atomic E-state index is -1.02. The molecule has 0 aliphatic carbocycles. The van der Waals surface area contributed by atoms with Crippen molar-refractivity contribution in [3.8, 4) is 0 Å². The number of aliphatic imine (C=N–C) groups is 1. The Morgan fingerprint density at radius 3 is 2.03 bits per heavy atom. The summed E-state index contributed by atoms with van der Waals surface area (Å²) < 4.78 is 5.38. The van der Waals surface area contributed by atoms with Crippen LogP contribution in [0.1, 0.15) is 96.8 Å². The van der Waals surface area contributed by atoms with Crippen LogP contribution >= 0.6 is 0 Å². The summed E-state index contributed by atoms with van der Waals surface area (Å²) in [7, 11) is 0. The van der Waals surface area contributed by atoms with Crippen LogP contribution in [0.2, 0.25) is 0 Å². The molecule has 7 nitrogen and oxygen atoms in total. The molecule has 0 spiro atoms. The zero-order valence-corrected chi connectivity index (χ0v) is 20.8. The average molecular weight is 468 g/mol. The predicted octanol–water partition coefficient (Wildman–Crippen LogP) is 5.44. The molecule has 190 valence electrons. The lowest BCUT2D eigenvalue weighted by Gasteiger charge is -2.31. The highest BCUT2D eigenvalue weighted by Gasteiger charge is 2.38. The molecule has 0 aromatic rings. The first-order chi connectivity index (χ1) is 16.0. The van der Waals surface area contributed by atoms with Gasteiger partial charge in [-0.05, 0) is 12.8 Å². The third-order valence-corrected chi connectivity index (χ3v) is 6.36. The lowest BCUT2D eigenvalue weighted by molar-refractivity contribution is -0.827. The van der Waals surface area contributed by atoms with Crippen LogP contribution in [0, 0.1) is 0 Å². The molecule has 7 heteroatoms. The molecule has 1 heterocycles. The molecule has 0 saturated carbocycles. The van der Waals surface area contributed by atoms with E-state index in [1.54, 1.807) is 0 Å². The average Bonchev–Trinajstić information content (AvgIpc) is 3.15. The summed E-state index contributed by atoms with van der Waals surface area (Å²) in [5.74, 6) is -1.13. The minimum absolute atomic E-state index is 0.0572. The topological polar surface area (TPSA) is 96.2 Å². The SMILES string of the molecule is CCCCCCCCCCCCCCC/C=C/C1=NCC[N+]1(CCOCC(=O)O)CC(=O)O. The van der Waals surface area contributed by atoms with Gasteiger partial charge in [0.25, 0.3) is 0 Å². The summed E-state index contributed by atoms with van der Waals surface area (Å²) in [4.78, 5) is 26.6. The molecule has 0 amide bonds. The largest absolute Gasteiger partial charge is 0.480 e. The maximum absolute atomic E-state index is 11.4. The molecule has 33 heavy (non-hydrogen) atoms. The summed E-state index contributed by atoms with van der Waals surface area (Å²) in [5.41, 5.74) is 0. The van der Waals surface area contributed by atoms with Crippen molar-refractivity contribution in [2.45, 2.75) is 96.8 Å². The van der Waals surface area contributed by atoms with E-state index in [9.17, 15) is 14.7 Å². The third-order valence-electron chi connectivity index (χ3n) is 6.36. The van der Waals surface area contributed by atoms with Crippen LogP contribution in [0.3, 0.4) is 0 Å². The van der Waals surface area contributed by atoms with E-state index in [0.29, 0.717) is 19.6 Å². The minimum Gasteiger partial charge on any atom is -0.480 e. The third kappa shape index (κ3) is 14.2. The van der Waals surface area contributed by atoms with Gasteiger partial charge in [-0.15, -0.1) is 0 Å². The first kappa shape index (κ1) is 29.3. The van der Waals surface area contributed by atoms with Crippen LogP contribution < -0.4 is 0 Å². The van der Waals surface area contributed by atoms with E-state index in [0.717, 1.165) is 18.7 Å².